The van der Waals surface area contributed by atoms with Crippen molar-refractivity contribution in [2.75, 3.05) is 23.0 Å². The average Bonchev–Trinajstić information content (AvgIpc) is 2.81. The zero-order valence-corrected chi connectivity index (χ0v) is 25.5. The molecule has 0 bridgehead atoms. The Morgan fingerprint density at radius 1 is 0.588 bits per heavy atom. The number of thioether (sulfide) groups is 2. The van der Waals surface area contributed by atoms with E-state index in [0.717, 1.165) is 35.9 Å². The van der Waals surface area contributed by atoms with Crippen molar-refractivity contribution in [1.29, 1.82) is 0 Å². The molecular weight excluding hydrogens is 507 g/mol. The van der Waals surface area contributed by atoms with Crippen molar-refractivity contribution in [1.82, 2.24) is 0 Å². The van der Waals surface area contributed by atoms with Crippen LogP contribution in [0.1, 0.15) is 105 Å². The molecule has 4 N–H and O–H groups in total. The number of rotatable bonds is 23. The second-order valence-corrected chi connectivity index (χ2v) is 11.8. The Labute approximate surface area is 231 Å². The lowest BCUT2D eigenvalue weighted by Gasteiger charge is -2.16. The highest BCUT2D eigenvalue weighted by atomic mass is 35.5. The van der Waals surface area contributed by atoms with E-state index in [4.69, 9.17) is 11.5 Å². The molecule has 0 fully saturated rings. The fourth-order valence-electron chi connectivity index (χ4n) is 3.49. The van der Waals surface area contributed by atoms with Crippen molar-refractivity contribution in [3.8, 4) is 0 Å². The first kappa shape index (κ1) is 39.1. The third kappa shape index (κ3) is 20.7. The molecule has 0 radical (unpaired) electrons. The molecule has 0 aromatic heterocycles. The number of Topliss-reactive ketones (excluding diaryl/α,β-unsaturated/α-hetero) is 2. The molecule has 4 nitrogen and oxygen atoms in total. The van der Waals surface area contributed by atoms with E-state index in [1.54, 1.807) is 0 Å². The molecule has 34 heavy (non-hydrogen) atoms. The van der Waals surface area contributed by atoms with E-state index in [0.29, 0.717) is 24.7 Å². The van der Waals surface area contributed by atoms with Crippen molar-refractivity contribution in [3.63, 3.8) is 0 Å². The Morgan fingerprint density at radius 3 is 1.18 bits per heavy atom. The molecule has 4 unspecified atom stereocenters. The number of nitrogens with two attached hydrogens (primary N) is 2. The summed E-state index contributed by atoms with van der Waals surface area (Å²) < 4.78 is 0. The lowest BCUT2D eigenvalue weighted by molar-refractivity contribution is -0.121. The molecule has 0 aliphatic carbocycles. The minimum absolute atomic E-state index is 0. The lowest BCUT2D eigenvalue weighted by Crippen LogP contribution is -2.36. The van der Waals surface area contributed by atoms with E-state index in [1.807, 2.05) is 23.5 Å². The molecule has 0 spiro atoms. The third-order valence-electron chi connectivity index (χ3n) is 6.57. The second-order valence-electron chi connectivity index (χ2n) is 9.31. The molecule has 0 aliphatic rings. The number of unbranched alkanes of at least 4 members (excludes halogenated alkanes) is 7. The van der Waals surface area contributed by atoms with Gasteiger partial charge in [0.05, 0.1) is 12.1 Å². The molecule has 206 valence electrons. The molecular formula is C26H54Cl2N2O2S2. The van der Waals surface area contributed by atoms with E-state index in [9.17, 15) is 9.59 Å². The summed E-state index contributed by atoms with van der Waals surface area (Å²) >= 11 is 3.80. The van der Waals surface area contributed by atoms with Gasteiger partial charge in [0.2, 0.25) is 0 Å². The fourth-order valence-corrected chi connectivity index (χ4v) is 5.41. The van der Waals surface area contributed by atoms with Gasteiger partial charge in [-0.3, -0.25) is 9.59 Å². The summed E-state index contributed by atoms with van der Waals surface area (Å²) in [7, 11) is 0. The number of halogens is 2. The van der Waals surface area contributed by atoms with Crippen LogP contribution >= 0.6 is 48.3 Å². The number of hydrogen-bond donors (Lipinski definition) is 2. The Balaban J connectivity index is -0.00000480. The first-order valence-corrected chi connectivity index (χ1v) is 15.4. The quantitative estimate of drug-likeness (QED) is 0.130. The van der Waals surface area contributed by atoms with E-state index < -0.39 is 0 Å². The number of carbonyl (C=O) groups excluding carboxylic acids is 2. The lowest BCUT2D eigenvalue weighted by atomic mass is 9.95. The number of carbonyl (C=O) groups is 2. The highest BCUT2D eigenvalue weighted by Gasteiger charge is 2.19. The second kappa shape index (κ2) is 26.6. The topological polar surface area (TPSA) is 86.2 Å². The molecule has 0 saturated carbocycles. The Morgan fingerprint density at radius 2 is 0.882 bits per heavy atom. The smallest absolute Gasteiger partial charge is 0.150 e. The molecule has 0 aromatic rings. The van der Waals surface area contributed by atoms with Crippen LogP contribution in [0.25, 0.3) is 0 Å². The van der Waals surface area contributed by atoms with Crippen LogP contribution in [0.4, 0.5) is 0 Å². The largest absolute Gasteiger partial charge is 0.321 e. The SMILES string of the molecule is CCC(C)C(N)C(=O)CCSCCCCCCCCCCSCCC(=O)C(N)C(C)CC.Cl.Cl. The number of ketones is 2. The molecule has 0 amide bonds. The van der Waals surface area contributed by atoms with Gasteiger partial charge in [0, 0.05) is 24.3 Å². The molecule has 0 rings (SSSR count). The van der Waals surface area contributed by atoms with E-state index in [1.165, 1.54) is 51.4 Å². The van der Waals surface area contributed by atoms with Crippen molar-refractivity contribution in [2.45, 2.75) is 117 Å². The zero-order valence-electron chi connectivity index (χ0n) is 22.2. The van der Waals surface area contributed by atoms with Crippen molar-refractivity contribution >= 4 is 59.9 Å². The van der Waals surface area contributed by atoms with Crippen molar-refractivity contribution < 1.29 is 9.59 Å². The minimum atomic E-state index is -0.276. The predicted octanol–water partition coefficient (Wildman–Crippen LogP) is 7.08. The van der Waals surface area contributed by atoms with Crippen LogP contribution in [-0.2, 0) is 9.59 Å². The summed E-state index contributed by atoms with van der Waals surface area (Å²) in [6, 6.07) is -0.552. The minimum Gasteiger partial charge on any atom is -0.321 e. The van der Waals surface area contributed by atoms with Gasteiger partial charge in [-0.15, -0.1) is 24.8 Å². The first-order chi connectivity index (χ1) is 15.3. The van der Waals surface area contributed by atoms with Crippen molar-refractivity contribution in [3.05, 3.63) is 0 Å². The molecule has 0 aromatic carbocycles. The van der Waals surface area contributed by atoms with Crippen LogP contribution in [0.3, 0.4) is 0 Å². The summed E-state index contributed by atoms with van der Waals surface area (Å²) in [5.41, 5.74) is 12.0. The summed E-state index contributed by atoms with van der Waals surface area (Å²) in [5, 5.41) is 0. The van der Waals surface area contributed by atoms with Gasteiger partial charge in [0.15, 0.2) is 11.6 Å². The van der Waals surface area contributed by atoms with E-state index >= 15 is 0 Å². The first-order valence-electron chi connectivity index (χ1n) is 13.1. The molecule has 0 heterocycles. The zero-order chi connectivity index (χ0) is 24.2. The summed E-state index contributed by atoms with van der Waals surface area (Å²) in [4.78, 5) is 24.0. The Bertz CT molecular complexity index is 446. The molecule has 0 saturated heterocycles. The molecule has 0 aliphatic heterocycles. The highest BCUT2D eigenvalue weighted by molar-refractivity contribution is 7.99. The summed E-state index contributed by atoms with van der Waals surface area (Å²) in [6.45, 7) is 8.30. The maximum absolute atomic E-state index is 12.0. The van der Waals surface area contributed by atoms with Gasteiger partial charge < -0.3 is 11.5 Å². The molecule has 8 heteroatoms. The van der Waals surface area contributed by atoms with Crippen LogP contribution in [-0.4, -0.2) is 46.7 Å². The number of hydrogen-bond acceptors (Lipinski definition) is 6. The van der Waals surface area contributed by atoms with Crippen LogP contribution in [0.2, 0.25) is 0 Å². The standard InChI is InChI=1S/C26H52N2O2S2.2ClH/c1-5-21(3)25(27)23(29)15-19-31-17-13-11-9-7-8-10-12-14-18-32-20-16-24(30)26(28)22(4)6-2;;/h21-22,25-26H,5-20,27-28H2,1-4H3;2*1H. The maximum Gasteiger partial charge on any atom is 0.150 e. The molecule has 4 atom stereocenters. The maximum atomic E-state index is 12.0. The van der Waals surface area contributed by atoms with E-state index in [-0.39, 0.29) is 48.5 Å². The summed E-state index contributed by atoms with van der Waals surface area (Å²) in [6.07, 6.45) is 13.6. The Hall–Kier alpha value is 0.540. The fraction of sp³-hybridized carbons (Fsp3) is 0.923. The Kier molecular flexibility index (Phi) is 30.6. The monoisotopic (exact) mass is 560 g/mol. The average molecular weight is 562 g/mol. The van der Waals surface area contributed by atoms with Gasteiger partial charge in [-0.1, -0.05) is 79.1 Å². The third-order valence-corrected chi connectivity index (χ3v) is 8.71. The van der Waals surface area contributed by atoms with Crippen LogP contribution in [0.15, 0.2) is 0 Å². The van der Waals surface area contributed by atoms with Gasteiger partial charge in [-0.05, 0) is 36.2 Å². The van der Waals surface area contributed by atoms with E-state index in [2.05, 4.69) is 27.7 Å². The highest BCUT2D eigenvalue weighted by Crippen LogP contribution is 2.15. The van der Waals surface area contributed by atoms with Gasteiger partial charge in [0.1, 0.15) is 0 Å². The van der Waals surface area contributed by atoms with Crippen molar-refractivity contribution in [2.24, 2.45) is 23.3 Å². The normalized spacial score (nSPS) is 14.4. The van der Waals surface area contributed by atoms with Crippen LogP contribution in [0, 0.1) is 11.8 Å². The predicted molar refractivity (Wildman–Crippen MR) is 160 cm³/mol. The van der Waals surface area contributed by atoms with Gasteiger partial charge in [-0.2, -0.15) is 23.5 Å². The van der Waals surface area contributed by atoms with Gasteiger partial charge >= 0.3 is 0 Å². The van der Waals surface area contributed by atoms with Crippen LogP contribution < -0.4 is 11.5 Å². The van der Waals surface area contributed by atoms with Crippen LogP contribution in [0.5, 0.6) is 0 Å². The summed E-state index contributed by atoms with van der Waals surface area (Å²) in [5.74, 6) is 5.19. The van der Waals surface area contributed by atoms with Gasteiger partial charge in [-0.25, -0.2) is 0 Å². The van der Waals surface area contributed by atoms with Gasteiger partial charge in [0.25, 0.3) is 0 Å².